The van der Waals surface area contributed by atoms with E-state index < -0.39 is 0 Å². The molecule has 2 atom stereocenters. The van der Waals surface area contributed by atoms with Gasteiger partial charge in [0.05, 0.1) is 6.61 Å². The molecule has 1 saturated carbocycles. The average Bonchev–Trinajstić information content (AvgIpc) is 2.68. The minimum atomic E-state index is -0.105. The first-order valence-corrected chi connectivity index (χ1v) is 5.62. The van der Waals surface area contributed by atoms with Gasteiger partial charge < -0.3 is 9.64 Å². The Morgan fingerprint density at radius 1 is 1.50 bits per heavy atom. The van der Waals surface area contributed by atoms with Gasteiger partial charge in [0, 0.05) is 19.0 Å². The maximum absolute atomic E-state index is 12.0. The van der Waals surface area contributed by atoms with E-state index in [-0.39, 0.29) is 12.0 Å². The van der Waals surface area contributed by atoms with E-state index in [2.05, 4.69) is 11.8 Å². The number of carbonyl (C=O) groups excluding carboxylic acids is 1. The summed E-state index contributed by atoms with van der Waals surface area (Å²) in [5.41, 5.74) is 0.527. The molecular weight excluding hydrogens is 178 g/mol. The van der Waals surface area contributed by atoms with E-state index in [0.29, 0.717) is 11.5 Å². The van der Waals surface area contributed by atoms with Gasteiger partial charge >= 0.3 is 0 Å². The Hall–Kier alpha value is -0.570. The number of ether oxygens (including phenoxy) is 1. The summed E-state index contributed by atoms with van der Waals surface area (Å²) in [5.74, 6) is 0.243. The lowest BCUT2D eigenvalue weighted by molar-refractivity contribution is -0.156. The van der Waals surface area contributed by atoms with Crippen molar-refractivity contribution in [3.05, 3.63) is 0 Å². The summed E-state index contributed by atoms with van der Waals surface area (Å²) in [6.45, 7) is 3.93. The van der Waals surface area contributed by atoms with Gasteiger partial charge in [0.1, 0.15) is 6.10 Å². The van der Waals surface area contributed by atoms with E-state index in [1.807, 2.05) is 0 Å². The minimum Gasteiger partial charge on any atom is -0.368 e. The van der Waals surface area contributed by atoms with Crippen molar-refractivity contribution in [1.82, 2.24) is 4.90 Å². The molecule has 3 aliphatic rings. The summed E-state index contributed by atoms with van der Waals surface area (Å²) < 4.78 is 5.25. The monoisotopic (exact) mass is 195 g/mol. The molecule has 0 N–H and O–H groups in total. The molecule has 0 aromatic heterocycles. The number of hydrogen-bond acceptors (Lipinski definition) is 2. The molecule has 78 valence electrons. The van der Waals surface area contributed by atoms with Crippen molar-refractivity contribution in [2.45, 2.75) is 44.8 Å². The normalized spacial score (nSPS) is 38.5. The Labute approximate surface area is 84.4 Å². The maximum atomic E-state index is 12.0. The van der Waals surface area contributed by atoms with Crippen molar-refractivity contribution in [1.29, 1.82) is 0 Å². The molecule has 3 fully saturated rings. The van der Waals surface area contributed by atoms with Gasteiger partial charge in [-0.05, 0) is 31.6 Å². The largest absolute Gasteiger partial charge is 0.368 e. The van der Waals surface area contributed by atoms with Crippen molar-refractivity contribution in [3.8, 4) is 0 Å². The summed E-state index contributed by atoms with van der Waals surface area (Å²) in [7, 11) is 0. The molecule has 0 unspecified atom stereocenters. The third-order valence-electron chi connectivity index (χ3n) is 3.98. The quantitative estimate of drug-likeness (QED) is 0.628. The molecule has 0 aromatic rings. The molecule has 3 rings (SSSR count). The van der Waals surface area contributed by atoms with Gasteiger partial charge in [-0.3, -0.25) is 4.79 Å². The second kappa shape index (κ2) is 2.72. The van der Waals surface area contributed by atoms with Gasteiger partial charge in [0.15, 0.2) is 0 Å². The number of carbonyl (C=O) groups is 1. The average molecular weight is 195 g/mol. The minimum absolute atomic E-state index is 0.105. The zero-order valence-corrected chi connectivity index (χ0v) is 8.66. The van der Waals surface area contributed by atoms with Crippen molar-refractivity contribution in [2.24, 2.45) is 5.41 Å². The maximum Gasteiger partial charge on any atom is 0.252 e. The molecule has 1 amide bonds. The molecule has 1 aliphatic carbocycles. The van der Waals surface area contributed by atoms with E-state index in [0.717, 1.165) is 19.6 Å². The Kier molecular flexibility index (Phi) is 1.69. The van der Waals surface area contributed by atoms with Gasteiger partial charge in [-0.1, -0.05) is 0 Å². The molecule has 0 radical (unpaired) electrons. The third kappa shape index (κ3) is 1.18. The van der Waals surface area contributed by atoms with Gasteiger partial charge in [-0.15, -0.1) is 0 Å². The molecule has 0 bridgehead atoms. The summed E-state index contributed by atoms with van der Waals surface area (Å²) in [4.78, 5) is 14.0. The van der Waals surface area contributed by atoms with Crippen LogP contribution in [0.1, 0.15) is 32.6 Å². The van der Waals surface area contributed by atoms with Gasteiger partial charge in [-0.25, -0.2) is 0 Å². The molecule has 3 heteroatoms. The molecule has 14 heavy (non-hydrogen) atoms. The number of amides is 1. The van der Waals surface area contributed by atoms with Crippen LogP contribution in [0.25, 0.3) is 0 Å². The van der Waals surface area contributed by atoms with Gasteiger partial charge in [-0.2, -0.15) is 0 Å². The summed E-state index contributed by atoms with van der Waals surface area (Å²) in [6, 6.07) is 0.439. The highest BCUT2D eigenvalue weighted by molar-refractivity contribution is 5.82. The Balaban J connectivity index is 1.69. The predicted molar refractivity (Wildman–Crippen MR) is 51.8 cm³/mol. The lowest BCUT2D eigenvalue weighted by Crippen LogP contribution is -2.47. The first-order valence-electron chi connectivity index (χ1n) is 5.62. The van der Waals surface area contributed by atoms with E-state index >= 15 is 0 Å². The fourth-order valence-electron chi connectivity index (χ4n) is 2.77. The summed E-state index contributed by atoms with van der Waals surface area (Å²) >= 11 is 0. The fourth-order valence-corrected chi connectivity index (χ4v) is 2.77. The van der Waals surface area contributed by atoms with Crippen molar-refractivity contribution in [2.75, 3.05) is 13.2 Å². The first kappa shape index (κ1) is 8.72. The molecule has 3 nitrogen and oxygen atoms in total. The van der Waals surface area contributed by atoms with Crippen LogP contribution in [0.15, 0.2) is 0 Å². The lowest BCUT2D eigenvalue weighted by Gasteiger charge is -2.31. The number of hydrogen-bond donors (Lipinski definition) is 0. The van der Waals surface area contributed by atoms with Crippen LogP contribution in [0.3, 0.4) is 0 Å². The summed E-state index contributed by atoms with van der Waals surface area (Å²) in [5, 5.41) is 0. The van der Waals surface area contributed by atoms with Crippen LogP contribution < -0.4 is 0 Å². The number of likely N-dealkylation sites (tertiary alicyclic amines) is 1. The SMILES string of the molecule is C[C@H]1CC2(CC2)CN1C(=O)[C@H]1CCO1. The van der Waals surface area contributed by atoms with E-state index in [1.54, 1.807) is 0 Å². The topological polar surface area (TPSA) is 29.5 Å². The second-order valence-electron chi connectivity index (χ2n) is 5.17. The van der Waals surface area contributed by atoms with Crippen LogP contribution >= 0.6 is 0 Å². The van der Waals surface area contributed by atoms with Gasteiger partial charge in [0.25, 0.3) is 5.91 Å². The first-order chi connectivity index (χ1) is 6.70. The van der Waals surface area contributed by atoms with E-state index in [4.69, 9.17) is 4.74 Å². The second-order valence-corrected chi connectivity index (χ2v) is 5.17. The van der Waals surface area contributed by atoms with E-state index in [1.165, 1.54) is 19.3 Å². The number of rotatable bonds is 1. The molecule has 2 saturated heterocycles. The van der Waals surface area contributed by atoms with Crippen LogP contribution in [0, 0.1) is 5.41 Å². The van der Waals surface area contributed by atoms with Crippen molar-refractivity contribution < 1.29 is 9.53 Å². The third-order valence-corrected chi connectivity index (χ3v) is 3.98. The van der Waals surface area contributed by atoms with E-state index in [9.17, 15) is 4.79 Å². The molecule has 0 aromatic carbocycles. The Morgan fingerprint density at radius 3 is 2.64 bits per heavy atom. The number of nitrogens with zero attached hydrogens (tertiary/aromatic N) is 1. The molecular formula is C11H17NO2. The highest BCUT2D eigenvalue weighted by Gasteiger charge is 2.52. The van der Waals surface area contributed by atoms with Crippen molar-refractivity contribution in [3.63, 3.8) is 0 Å². The predicted octanol–water partition coefficient (Wildman–Crippen LogP) is 1.18. The van der Waals surface area contributed by atoms with Crippen LogP contribution in [0.2, 0.25) is 0 Å². The highest BCUT2D eigenvalue weighted by atomic mass is 16.5. The smallest absolute Gasteiger partial charge is 0.252 e. The summed E-state index contributed by atoms with van der Waals surface area (Å²) in [6.07, 6.45) is 4.69. The Bertz CT molecular complexity index is 268. The van der Waals surface area contributed by atoms with Crippen LogP contribution in [0.4, 0.5) is 0 Å². The lowest BCUT2D eigenvalue weighted by atomic mass is 10.0. The Morgan fingerprint density at radius 2 is 2.21 bits per heavy atom. The zero-order chi connectivity index (χ0) is 9.76. The van der Waals surface area contributed by atoms with Crippen LogP contribution in [-0.4, -0.2) is 36.1 Å². The van der Waals surface area contributed by atoms with Crippen molar-refractivity contribution >= 4 is 5.91 Å². The zero-order valence-electron chi connectivity index (χ0n) is 8.66. The molecule has 2 heterocycles. The van der Waals surface area contributed by atoms with Gasteiger partial charge in [0.2, 0.25) is 0 Å². The van der Waals surface area contributed by atoms with Crippen LogP contribution in [0.5, 0.6) is 0 Å². The standard InChI is InChI=1S/C11H17NO2/c1-8-6-11(3-4-11)7-12(8)10(13)9-2-5-14-9/h8-9H,2-7H2,1H3/t8-,9+/m0/s1. The molecule has 1 spiro atoms. The fraction of sp³-hybridized carbons (Fsp3) is 0.909. The molecule has 2 aliphatic heterocycles. The highest BCUT2D eigenvalue weighted by Crippen LogP contribution is 2.54. The van der Waals surface area contributed by atoms with Crippen LogP contribution in [-0.2, 0) is 9.53 Å².